The van der Waals surface area contributed by atoms with Gasteiger partial charge in [0.05, 0.1) is 23.5 Å². The highest BCUT2D eigenvalue weighted by atomic mass is 35.5. The lowest BCUT2D eigenvalue weighted by molar-refractivity contribution is 0.0946. The van der Waals surface area contributed by atoms with Gasteiger partial charge in [0.1, 0.15) is 5.01 Å². The first-order valence-electron chi connectivity index (χ1n) is 8.76. The quantitative estimate of drug-likeness (QED) is 0.706. The van der Waals surface area contributed by atoms with Crippen molar-refractivity contribution >= 4 is 34.8 Å². The molecule has 1 fully saturated rings. The summed E-state index contributed by atoms with van der Waals surface area (Å²) in [7, 11) is 0. The molecule has 8 heteroatoms. The maximum atomic E-state index is 12.6. The molecule has 4 rings (SSSR count). The third-order valence-electron chi connectivity index (χ3n) is 4.36. The second-order valence-corrected chi connectivity index (χ2v) is 7.59. The summed E-state index contributed by atoms with van der Waals surface area (Å²) >= 11 is 7.66. The third-order valence-corrected chi connectivity index (χ3v) is 5.48. The Labute approximate surface area is 166 Å². The van der Waals surface area contributed by atoms with Gasteiger partial charge in [0.15, 0.2) is 5.69 Å². The van der Waals surface area contributed by atoms with E-state index in [1.165, 1.54) is 17.5 Å². The van der Waals surface area contributed by atoms with E-state index >= 15 is 0 Å². The summed E-state index contributed by atoms with van der Waals surface area (Å²) in [6.07, 6.45) is 3.72. The molecule has 3 aromatic rings. The van der Waals surface area contributed by atoms with Crippen LogP contribution in [0.25, 0.3) is 11.3 Å². The summed E-state index contributed by atoms with van der Waals surface area (Å²) in [6, 6.07) is 9.95. The predicted octanol–water partition coefficient (Wildman–Crippen LogP) is 3.78. The summed E-state index contributed by atoms with van der Waals surface area (Å²) in [5.74, 6) is 0.238. The largest absolute Gasteiger partial charge is 0.344 e. The Morgan fingerprint density at radius 2 is 1.96 bits per heavy atom. The number of benzene rings is 1. The molecule has 1 amide bonds. The molecule has 3 heterocycles. The van der Waals surface area contributed by atoms with Gasteiger partial charge in [-0.15, -0.1) is 11.3 Å². The van der Waals surface area contributed by atoms with Gasteiger partial charge in [0.25, 0.3) is 5.91 Å². The highest BCUT2D eigenvalue weighted by Gasteiger charge is 2.19. The predicted molar refractivity (Wildman–Crippen MR) is 107 cm³/mol. The zero-order valence-corrected chi connectivity index (χ0v) is 16.1. The van der Waals surface area contributed by atoms with Gasteiger partial charge >= 0.3 is 0 Å². The van der Waals surface area contributed by atoms with E-state index in [0.29, 0.717) is 12.5 Å². The van der Waals surface area contributed by atoms with Crippen LogP contribution >= 0.6 is 22.9 Å². The van der Waals surface area contributed by atoms with E-state index in [-0.39, 0.29) is 16.6 Å². The number of carbonyl (C=O) groups is 1. The normalized spacial score (nSPS) is 13.7. The highest BCUT2D eigenvalue weighted by molar-refractivity contribution is 7.09. The van der Waals surface area contributed by atoms with E-state index < -0.39 is 0 Å². The van der Waals surface area contributed by atoms with Crippen molar-refractivity contribution in [1.29, 1.82) is 0 Å². The number of rotatable bonds is 5. The molecule has 0 spiro atoms. The Bertz CT molecular complexity index is 940. The molecule has 0 aliphatic carbocycles. The van der Waals surface area contributed by atoms with Gasteiger partial charge in [0, 0.05) is 24.0 Å². The van der Waals surface area contributed by atoms with Crippen LogP contribution in [0.1, 0.15) is 28.3 Å². The Balaban J connectivity index is 1.44. The molecule has 1 aliphatic rings. The number of amides is 1. The Morgan fingerprint density at radius 3 is 2.74 bits per heavy atom. The number of aromatic nitrogens is 3. The van der Waals surface area contributed by atoms with E-state index in [2.05, 4.69) is 25.2 Å². The number of hydrogen-bond acceptors (Lipinski definition) is 6. The zero-order valence-electron chi connectivity index (χ0n) is 14.6. The number of carbonyl (C=O) groups excluding carboxylic acids is 1. The smallest absolute Gasteiger partial charge is 0.271 e. The van der Waals surface area contributed by atoms with Crippen LogP contribution in [-0.4, -0.2) is 33.9 Å². The number of thiazole rings is 1. The number of halogens is 1. The first kappa shape index (κ1) is 17.9. The molecule has 0 saturated carbocycles. The lowest BCUT2D eigenvalue weighted by atomic mass is 10.2. The van der Waals surface area contributed by atoms with Gasteiger partial charge in [-0.2, -0.15) is 0 Å². The van der Waals surface area contributed by atoms with E-state index in [4.69, 9.17) is 11.6 Å². The van der Waals surface area contributed by atoms with Gasteiger partial charge in [-0.1, -0.05) is 41.9 Å². The molecule has 0 atom stereocenters. The van der Waals surface area contributed by atoms with Gasteiger partial charge in [-0.05, 0) is 12.8 Å². The van der Waals surface area contributed by atoms with Gasteiger partial charge in [0.2, 0.25) is 5.95 Å². The summed E-state index contributed by atoms with van der Waals surface area (Å²) in [6.45, 7) is 2.14. The molecule has 1 aliphatic heterocycles. The number of anilines is 1. The standard InChI is InChI=1S/C19H18ClN5OS/c20-14-10-22-19(25-8-4-5-9-25)24-17(14)18(26)21-11-16-23-15(12-27-16)13-6-2-1-3-7-13/h1-3,6-7,10,12H,4-5,8-9,11H2,(H,21,26). The molecule has 1 saturated heterocycles. The highest BCUT2D eigenvalue weighted by Crippen LogP contribution is 2.22. The first-order chi connectivity index (χ1) is 13.2. The second-order valence-electron chi connectivity index (χ2n) is 6.24. The van der Waals surface area contributed by atoms with Crippen LogP contribution in [0.15, 0.2) is 41.9 Å². The summed E-state index contributed by atoms with van der Waals surface area (Å²) in [5, 5.41) is 5.92. The maximum absolute atomic E-state index is 12.6. The molecule has 2 aromatic heterocycles. The first-order valence-corrected chi connectivity index (χ1v) is 10.0. The van der Waals surface area contributed by atoms with Crippen molar-refractivity contribution in [1.82, 2.24) is 20.3 Å². The average molecular weight is 400 g/mol. The molecule has 0 bridgehead atoms. The van der Waals surface area contributed by atoms with E-state index in [0.717, 1.165) is 42.2 Å². The molecule has 138 valence electrons. The van der Waals surface area contributed by atoms with Crippen molar-refractivity contribution in [3.8, 4) is 11.3 Å². The van der Waals surface area contributed by atoms with Gasteiger partial charge in [-0.3, -0.25) is 4.79 Å². The Kier molecular flexibility index (Phi) is 5.31. The molecule has 27 heavy (non-hydrogen) atoms. The van der Waals surface area contributed by atoms with Gasteiger partial charge < -0.3 is 10.2 Å². The summed E-state index contributed by atoms with van der Waals surface area (Å²) in [5.41, 5.74) is 2.16. The fourth-order valence-electron chi connectivity index (χ4n) is 2.96. The van der Waals surface area contributed by atoms with Crippen molar-refractivity contribution in [2.45, 2.75) is 19.4 Å². The topological polar surface area (TPSA) is 71.0 Å². The minimum absolute atomic E-state index is 0.202. The van der Waals surface area contributed by atoms with Crippen molar-refractivity contribution in [3.05, 3.63) is 57.6 Å². The van der Waals surface area contributed by atoms with Crippen molar-refractivity contribution in [2.24, 2.45) is 0 Å². The molecular weight excluding hydrogens is 382 g/mol. The van der Waals surface area contributed by atoms with Crippen molar-refractivity contribution in [3.63, 3.8) is 0 Å². The van der Waals surface area contributed by atoms with Crippen molar-refractivity contribution in [2.75, 3.05) is 18.0 Å². The summed E-state index contributed by atoms with van der Waals surface area (Å²) < 4.78 is 0. The second kappa shape index (κ2) is 8.02. The van der Waals surface area contributed by atoms with E-state index in [9.17, 15) is 4.79 Å². The van der Waals surface area contributed by atoms with Gasteiger partial charge in [-0.25, -0.2) is 15.0 Å². The Morgan fingerprint density at radius 1 is 1.19 bits per heavy atom. The number of hydrogen-bond donors (Lipinski definition) is 1. The Hall–Kier alpha value is -2.51. The van der Waals surface area contributed by atoms with Crippen LogP contribution in [0.5, 0.6) is 0 Å². The molecule has 1 aromatic carbocycles. The number of nitrogens with zero attached hydrogens (tertiary/aromatic N) is 4. The molecule has 1 N–H and O–H groups in total. The van der Waals surface area contributed by atoms with Crippen LogP contribution in [0.3, 0.4) is 0 Å². The lowest BCUT2D eigenvalue weighted by Crippen LogP contribution is -2.26. The fourth-order valence-corrected chi connectivity index (χ4v) is 3.88. The molecule has 6 nitrogen and oxygen atoms in total. The van der Waals surface area contributed by atoms with Crippen LogP contribution in [0.2, 0.25) is 5.02 Å². The summed E-state index contributed by atoms with van der Waals surface area (Å²) in [4.78, 5) is 27.8. The minimum atomic E-state index is -0.320. The van der Waals surface area contributed by atoms with Crippen LogP contribution < -0.4 is 10.2 Å². The molecular formula is C19H18ClN5OS. The fraction of sp³-hybridized carbons (Fsp3) is 0.263. The molecule has 0 radical (unpaired) electrons. The third kappa shape index (κ3) is 4.09. The van der Waals surface area contributed by atoms with Crippen LogP contribution in [0.4, 0.5) is 5.95 Å². The monoisotopic (exact) mass is 399 g/mol. The van der Waals surface area contributed by atoms with Crippen molar-refractivity contribution < 1.29 is 4.79 Å². The van der Waals surface area contributed by atoms with E-state index in [1.54, 1.807) is 0 Å². The molecule has 0 unspecified atom stereocenters. The number of nitrogens with one attached hydrogen (secondary N) is 1. The van der Waals surface area contributed by atoms with Crippen LogP contribution in [-0.2, 0) is 6.54 Å². The maximum Gasteiger partial charge on any atom is 0.271 e. The zero-order chi connectivity index (χ0) is 18.6. The SMILES string of the molecule is O=C(NCc1nc(-c2ccccc2)cs1)c1nc(N2CCCC2)ncc1Cl. The minimum Gasteiger partial charge on any atom is -0.344 e. The van der Waals surface area contributed by atoms with E-state index in [1.807, 2.05) is 35.7 Å². The lowest BCUT2D eigenvalue weighted by Gasteiger charge is -2.15. The van der Waals surface area contributed by atoms with Crippen LogP contribution in [0, 0.1) is 0 Å². The average Bonchev–Trinajstić information content (AvgIpc) is 3.39.